The van der Waals surface area contributed by atoms with Crippen LogP contribution in [0, 0.1) is 6.92 Å². The molecule has 0 aliphatic heterocycles. The molecule has 0 saturated carbocycles. The van der Waals surface area contributed by atoms with E-state index < -0.39 is 15.6 Å². The van der Waals surface area contributed by atoms with Gasteiger partial charge in [-0.3, -0.25) is 4.79 Å². The van der Waals surface area contributed by atoms with E-state index in [1.54, 1.807) is 27.7 Å². The van der Waals surface area contributed by atoms with Gasteiger partial charge < -0.3 is 10.4 Å². The van der Waals surface area contributed by atoms with Crippen molar-refractivity contribution in [1.29, 1.82) is 0 Å². The first-order valence-corrected chi connectivity index (χ1v) is 8.46. The van der Waals surface area contributed by atoms with Crippen molar-refractivity contribution in [3.63, 3.8) is 0 Å². The van der Waals surface area contributed by atoms with Crippen LogP contribution in [0.5, 0.6) is 0 Å². The summed E-state index contributed by atoms with van der Waals surface area (Å²) in [7, 11) is -3.77. The molecule has 0 spiro atoms. The zero-order chi connectivity index (χ0) is 15.6. The third-order valence-corrected chi connectivity index (χ3v) is 5.53. The molecule has 0 unspecified atom stereocenters. The van der Waals surface area contributed by atoms with Gasteiger partial charge in [0.25, 0.3) is 5.91 Å². The van der Waals surface area contributed by atoms with E-state index in [4.69, 9.17) is 5.11 Å². The Hall–Kier alpha value is -0.960. The molecule has 0 aliphatic carbocycles. The van der Waals surface area contributed by atoms with E-state index in [0.717, 1.165) is 11.3 Å². The Labute approximate surface area is 123 Å². The van der Waals surface area contributed by atoms with Crippen LogP contribution < -0.4 is 10.0 Å². The summed E-state index contributed by atoms with van der Waals surface area (Å²) in [5.74, 6) is -0.288. The van der Waals surface area contributed by atoms with E-state index >= 15 is 0 Å². The number of thiophene rings is 1. The van der Waals surface area contributed by atoms with Gasteiger partial charge in [-0.2, -0.15) is 0 Å². The topological polar surface area (TPSA) is 95.5 Å². The van der Waals surface area contributed by atoms with Crippen molar-refractivity contribution in [2.45, 2.75) is 38.1 Å². The second-order valence-corrected chi connectivity index (χ2v) is 7.95. The quantitative estimate of drug-likeness (QED) is 0.724. The molecule has 1 aromatic heterocycles. The van der Waals surface area contributed by atoms with Crippen LogP contribution in [0.15, 0.2) is 11.0 Å². The molecule has 0 radical (unpaired) electrons. The summed E-state index contributed by atoms with van der Waals surface area (Å²) in [6.07, 6.45) is 0. The van der Waals surface area contributed by atoms with Gasteiger partial charge >= 0.3 is 0 Å². The Morgan fingerprint density at radius 2 is 2.05 bits per heavy atom. The Balaban J connectivity index is 3.11. The minimum absolute atomic E-state index is 0.0743. The van der Waals surface area contributed by atoms with Crippen LogP contribution >= 0.6 is 11.3 Å². The molecule has 0 atom stereocenters. The summed E-state index contributed by atoms with van der Waals surface area (Å²) in [6, 6.07) is 1.36. The summed E-state index contributed by atoms with van der Waals surface area (Å²) >= 11 is 1.13. The van der Waals surface area contributed by atoms with Crippen LogP contribution in [0.4, 0.5) is 0 Å². The Morgan fingerprint density at radius 1 is 1.45 bits per heavy atom. The van der Waals surface area contributed by atoms with Gasteiger partial charge in [0.2, 0.25) is 10.0 Å². The van der Waals surface area contributed by atoms with Gasteiger partial charge in [-0.15, -0.1) is 11.3 Å². The van der Waals surface area contributed by atoms with Crippen LogP contribution in [-0.2, 0) is 10.0 Å². The lowest BCUT2D eigenvalue weighted by Crippen LogP contribution is -2.46. The lowest BCUT2D eigenvalue weighted by Gasteiger charge is -2.22. The normalized spacial score (nSPS) is 12.4. The number of sulfonamides is 1. The van der Waals surface area contributed by atoms with E-state index in [1.807, 2.05) is 0 Å². The number of carbonyl (C=O) groups is 1. The van der Waals surface area contributed by atoms with Crippen LogP contribution in [0.3, 0.4) is 0 Å². The zero-order valence-electron chi connectivity index (χ0n) is 12.0. The summed E-state index contributed by atoms with van der Waals surface area (Å²) in [5.41, 5.74) is -0.959. The molecule has 1 heterocycles. The van der Waals surface area contributed by atoms with Crippen molar-refractivity contribution in [2.24, 2.45) is 0 Å². The highest BCUT2D eigenvalue weighted by Gasteiger charge is 2.28. The molecular formula is C12H20N2O4S2. The average Bonchev–Trinajstić information content (AvgIpc) is 2.71. The summed E-state index contributed by atoms with van der Waals surface area (Å²) < 4.78 is 27.0. The molecule has 1 rings (SSSR count). The molecule has 8 heteroatoms. The van der Waals surface area contributed by atoms with Gasteiger partial charge in [-0.05, 0) is 33.8 Å². The number of hydrogen-bond donors (Lipinski definition) is 3. The van der Waals surface area contributed by atoms with Gasteiger partial charge in [0.05, 0.1) is 21.9 Å². The smallest absolute Gasteiger partial charge is 0.261 e. The second-order valence-electron chi connectivity index (χ2n) is 5.04. The minimum Gasteiger partial charge on any atom is -0.394 e. The number of aryl methyl sites for hydroxylation is 1. The maximum Gasteiger partial charge on any atom is 0.261 e. The maximum atomic E-state index is 12.3. The lowest BCUT2D eigenvalue weighted by molar-refractivity contribution is 0.0959. The number of aliphatic hydroxyl groups excluding tert-OH is 1. The predicted molar refractivity (Wildman–Crippen MR) is 78.5 cm³/mol. The fourth-order valence-electron chi connectivity index (χ4n) is 1.54. The molecule has 0 saturated heterocycles. The molecule has 1 aromatic rings. The average molecular weight is 320 g/mol. The van der Waals surface area contributed by atoms with Gasteiger partial charge in [0.1, 0.15) is 0 Å². The van der Waals surface area contributed by atoms with Crippen molar-refractivity contribution in [3.05, 3.63) is 15.8 Å². The van der Waals surface area contributed by atoms with Crippen LogP contribution in [-0.4, -0.2) is 38.1 Å². The molecule has 6 nitrogen and oxygen atoms in total. The molecule has 3 N–H and O–H groups in total. The van der Waals surface area contributed by atoms with Crippen molar-refractivity contribution in [3.8, 4) is 0 Å². The molecule has 1 amide bonds. The first-order valence-electron chi connectivity index (χ1n) is 6.16. The first-order chi connectivity index (χ1) is 9.13. The Kier molecular flexibility index (Phi) is 5.31. The fraction of sp³-hybridized carbons (Fsp3) is 0.583. The van der Waals surface area contributed by atoms with Crippen molar-refractivity contribution >= 4 is 27.3 Å². The van der Waals surface area contributed by atoms with Crippen molar-refractivity contribution < 1.29 is 18.3 Å². The van der Waals surface area contributed by atoms with Gasteiger partial charge in [-0.25, -0.2) is 13.1 Å². The first kappa shape index (κ1) is 17.1. The monoisotopic (exact) mass is 320 g/mol. The van der Waals surface area contributed by atoms with Gasteiger partial charge in [-0.1, -0.05) is 0 Å². The molecule has 0 aromatic carbocycles. The van der Waals surface area contributed by atoms with E-state index in [0.29, 0.717) is 16.3 Å². The van der Waals surface area contributed by atoms with Crippen LogP contribution in [0.25, 0.3) is 0 Å². The number of hydrogen-bond acceptors (Lipinski definition) is 5. The lowest BCUT2D eigenvalue weighted by atomic mass is 10.1. The largest absolute Gasteiger partial charge is 0.394 e. The van der Waals surface area contributed by atoms with Gasteiger partial charge in [0, 0.05) is 11.4 Å². The maximum absolute atomic E-state index is 12.3. The summed E-state index contributed by atoms with van der Waals surface area (Å²) in [4.78, 5) is 12.7. The third kappa shape index (κ3) is 4.02. The highest BCUT2D eigenvalue weighted by atomic mass is 32.2. The van der Waals surface area contributed by atoms with Crippen molar-refractivity contribution in [2.75, 3.05) is 13.2 Å². The molecule has 114 valence electrons. The Bertz CT molecular complexity index is 591. The number of amides is 1. The second kappa shape index (κ2) is 6.21. The number of carbonyl (C=O) groups excluding carboxylic acids is 1. The van der Waals surface area contributed by atoms with E-state index in [9.17, 15) is 13.2 Å². The number of nitrogens with one attached hydrogen (secondary N) is 2. The fourth-order valence-corrected chi connectivity index (χ4v) is 4.46. The van der Waals surface area contributed by atoms with Crippen molar-refractivity contribution in [1.82, 2.24) is 10.0 Å². The van der Waals surface area contributed by atoms with Crippen LogP contribution in [0.2, 0.25) is 0 Å². The summed E-state index contributed by atoms with van der Waals surface area (Å²) in [5, 5.41) is 11.8. The molecule has 0 aliphatic rings. The van der Waals surface area contributed by atoms with E-state index in [1.165, 1.54) is 6.07 Å². The van der Waals surface area contributed by atoms with E-state index in [2.05, 4.69) is 10.0 Å². The standard InChI is InChI=1S/C12H20N2O4S2/c1-5-13-11(16)9-6-10(8(2)19-9)20(17,18)14-12(3,4)7-15/h6,14-15H,5,7H2,1-4H3,(H,13,16). The van der Waals surface area contributed by atoms with Crippen LogP contribution in [0.1, 0.15) is 35.3 Å². The number of rotatable bonds is 6. The third-order valence-electron chi connectivity index (χ3n) is 2.53. The molecular weight excluding hydrogens is 300 g/mol. The molecule has 0 bridgehead atoms. The zero-order valence-corrected chi connectivity index (χ0v) is 13.6. The summed E-state index contributed by atoms with van der Waals surface area (Å²) in [6.45, 7) is 6.76. The SMILES string of the molecule is CCNC(=O)c1cc(S(=O)(=O)NC(C)(C)CO)c(C)s1. The highest BCUT2D eigenvalue weighted by molar-refractivity contribution is 7.89. The highest BCUT2D eigenvalue weighted by Crippen LogP contribution is 2.26. The minimum atomic E-state index is -3.77. The Morgan fingerprint density at radius 3 is 2.55 bits per heavy atom. The van der Waals surface area contributed by atoms with E-state index in [-0.39, 0.29) is 17.4 Å². The predicted octanol–water partition coefficient (Wildman–Crippen LogP) is 0.855. The number of aliphatic hydroxyl groups is 1. The molecule has 20 heavy (non-hydrogen) atoms. The molecule has 0 fully saturated rings. The van der Waals surface area contributed by atoms with Gasteiger partial charge in [0.15, 0.2) is 0 Å².